The van der Waals surface area contributed by atoms with Crippen LogP contribution in [0, 0.1) is 0 Å². The maximum atomic E-state index is 12.4. The molecule has 0 aliphatic rings. The first-order chi connectivity index (χ1) is 11.6. The van der Waals surface area contributed by atoms with E-state index in [0.29, 0.717) is 5.69 Å². The number of carbonyl (C=O) groups is 1. The summed E-state index contributed by atoms with van der Waals surface area (Å²) >= 11 is 0. The van der Waals surface area contributed by atoms with Gasteiger partial charge in [0.15, 0.2) is 11.5 Å². The zero-order chi connectivity index (χ0) is 17.1. The lowest BCUT2D eigenvalue weighted by molar-refractivity contribution is -0.0512. The molecule has 0 atom stereocenters. The Hall–Kier alpha value is -3.16. The molecule has 24 heavy (non-hydrogen) atoms. The van der Waals surface area contributed by atoms with E-state index in [0.717, 1.165) is 10.9 Å². The number of anilines is 1. The lowest BCUT2D eigenvalue weighted by atomic mass is 10.1. The normalized spacial score (nSPS) is 10.8. The molecular weight excluding hydrogens is 320 g/mol. The van der Waals surface area contributed by atoms with Gasteiger partial charge in [0.1, 0.15) is 0 Å². The summed E-state index contributed by atoms with van der Waals surface area (Å²) in [6, 6.07) is 9.30. The molecule has 0 aliphatic heterocycles. The van der Waals surface area contributed by atoms with Gasteiger partial charge in [0.2, 0.25) is 0 Å². The predicted octanol–water partition coefficient (Wildman–Crippen LogP) is 3.43. The van der Waals surface area contributed by atoms with Crippen LogP contribution in [0.1, 0.15) is 10.4 Å². The number of hydrogen-bond acceptors (Lipinski definition) is 4. The standard InChI is InChI=1S/C16H13F2N3O3/c1-23-13-5-3-9(6-14(13)24-16(17)18)15(22)20-11-4-2-10-8-19-21-12(10)7-11/h2-8,16H,1H3,(H,19,21)(H,20,22). The molecule has 8 heteroatoms. The second-order valence-corrected chi connectivity index (χ2v) is 4.87. The Labute approximate surface area is 135 Å². The molecule has 124 valence electrons. The summed E-state index contributed by atoms with van der Waals surface area (Å²) in [5, 5.41) is 10.3. The number of rotatable bonds is 5. The summed E-state index contributed by atoms with van der Waals surface area (Å²) in [5.74, 6) is -0.550. The van der Waals surface area contributed by atoms with Crippen molar-refractivity contribution in [3.63, 3.8) is 0 Å². The number of aromatic amines is 1. The molecule has 6 nitrogen and oxygen atoms in total. The fourth-order valence-corrected chi connectivity index (χ4v) is 2.22. The van der Waals surface area contributed by atoms with Gasteiger partial charge in [0.05, 0.1) is 18.8 Å². The molecule has 0 unspecified atom stereocenters. The maximum Gasteiger partial charge on any atom is 0.387 e. The second kappa shape index (κ2) is 6.53. The highest BCUT2D eigenvalue weighted by atomic mass is 19.3. The minimum atomic E-state index is -3.01. The van der Waals surface area contributed by atoms with Crippen molar-refractivity contribution in [1.29, 1.82) is 0 Å². The van der Waals surface area contributed by atoms with E-state index in [1.807, 2.05) is 0 Å². The van der Waals surface area contributed by atoms with Crippen molar-refractivity contribution in [2.24, 2.45) is 0 Å². The number of H-pyrrole nitrogens is 1. The summed E-state index contributed by atoms with van der Waals surface area (Å²) in [6.07, 6.45) is 1.67. The van der Waals surface area contributed by atoms with Crippen LogP contribution in [0.4, 0.5) is 14.5 Å². The van der Waals surface area contributed by atoms with Gasteiger partial charge in [-0.2, -0.15) is 13.9 Å². The number of nitrogens with zero attached hydrogens (tertiary/aromatic N) is 1. The number of alkyl halides is 2. The number of hydrogen-bond donors (Lipinski definition) is 2. The molecule has 0 radical (unpaired) electrons. The van der Waals surface area contributed by atoms with Crippen molar-refractivity contribution in [3.8, 4) is 11.5 Å². The molecule has 0 bridgehead atoms. The summed E-state index contributed by atoms with van der Waals surface area (Å²) in [5.41, 5.74) is 1.48. The first kappa shape index (κ1) is 15.7. The Bertz CT molecular complexity index is 880. The molecule has 1 amide bonds. The molecule has 1 heterocycles. The van der Waals surface area contributed by atoms with Crippen molar-refractivity contribution < 1.29 is 23.0 Å². The Morgan fingerprint density at radius 3 is 2.79 bits per heavy atom. The number of halogens is 2. The van der Waals surface area contributed by atoms with Crippen LogP contribution in [0.15, 0.2) is 42.6 Å². The van der Waals surface area contributed by atoms with Gasteiger partial charge in [-0.15, -0.1) is 0 Å². The molecule has 0 fully saturated rings. The quantitative estimate of drug-likeness (QED) is 0.750. The molecular formula is C16H13F2N3O3. The largest absolute Gasteiger partial charge is 0.493 e. The number of amides is 1. The summed E-state index contributed by atoms with van der Waals surface area (Å²) < 4.78 is 34.2. The average Bonchev–Trinajstić information content (AvgIpc) is 3.02. The van der Waals surface area contributed by atoms with Crippen molar-refractivity contribution in [2.45, 2.75) is 6.61 Å². The molecule has 2 N–H and O–H groups in total. The minimum Gasteiger partial charge on any atom is -0.493 e. The Morgan fingerprint density at radius 2 is 2.04 bits per heavy atom. The van der Waals surface area contributed by atoms with Gasteiger partial charge >= 0.3 is 6.61 Å². The highest BCUT2D eigenvalue weighted by Gasteiger charge is 2.15. The topological polar surface area (TPSA) is 76.2 Å². The van der Waals surface area contributed by atoms with Crippen LogP contribution in [0.2, 0.25) is 0 Å². The van der Waals surface area contributed by atoms with Crippen molar-refractivity contribution in [2.75, 3.05) is 12.4 Å². The van der Waals surface area contributed by atoms with Gasteiger partial charge in [-0.05, 0) is 36.4 Å². The molecule has 1 aromatic heterocycles. The monoisotopic (exact) mass is 333 g/mol. The highest BCUT2D eigenvalue weighted by molar-refractivity contribution is 6.05. The van der Waals surface area contributed by atoms with Gasteiger partial charge in [0, 0.05) is 16.6 Å². The summed E-state index contributed by atoms with van der Waals surface area (Å²) in [4.78, 5) is 12.3. The molecule has 3 rings (SSSR count). The van der Waals surface area contributed by atoms with E-state index in [1.54, 1.807) is 24.4 Å². The molecule has 0 spiro atoms. The Kier molecular flexibility index (Phi) is 4.28. The minimum absolute atomic E-state index is 0.116. The predicted molar refractivity (Wildman–Crippen MR) is 83.7 cm³/mol. The number of aromatic nitrogens is 2. The van der Waals surface area contributed by atoms with Crippen LogP contribution < -0.4 is 14.8 Å². The number of nitrogens with one attached hydrogen (secondary N) is 2. The van der Waals surface area contributed by atoms with Gasteiger partial charge in [-0.1, -0.05) is 0 Å². The lowest BCUT2D eigenvalue weighted by Crippen LogP contribution is -2.12. The molecule has 3 aromatic rings. The zero-order valence-electron chi connectivity index (χ0n) is 12.5. The highest BCUT2D eigenvalue weighted by Crippen LogP contribution is 2.30. The van der Waals surface area contributed by atoms with E-state index in [4.69, 9.17) is 4.74 Å². The van der Waals surface area contributed by atoms with E-state index in [2.05, 4.69) is 20.3 Å². The van der Waals surface area contributed by atoms with Crippen molar-refractivity contribution in [1.82, 2.24) is 10.2 Å². The number of benzene rings is 2. The third-order valence-corrected chi connectivity index (χ3v) is 3.34. The first-order valence-corrected chi connectivity index (χ1v) is 6.94. The van der Waals surface area contributed by atoms with Crippen LogP contribution in [0.3, 0.4) is 0 Å². The van der Waals surface area contributed by atoms with Crippen LogP contribution in [-0.2, 0) is 0 Å². The number of carbonyl (C=O) groups excluding carboxylic acids is 1. The van der Waals surface area contributed by atoms with Gasteiger partial charge < -0.3 is 14.8 Å². The van der Waals surface area contributed by atoms with Crippen molar-refractivity contribution >= 4 is 22.5 Å². The zero-order valence-corrected chi connectivity index (χ0v) is 12.5. The maximum absolute atomic E-state index is 12.4. The number of ether oxygens (including phenoxy) is 2. The third-order valence-electron chi connectivity index (χ3n) is 3.34. The van der Waals surface area contributed by atoms with Crippen LogP contribution in [0.25, 0.3) is 10.9 Å². The fraction of sp³-hybridized carbons (Fsp3) is 0.125. The third kappa shape index (κ3) is 3.27. The Morgan fingerprint density at radius 1 is 1.21 bits per heavy atom. The SMILES string of the molecule is COc1ccc(C(=O)Nc2ccc3cn[nH]c3c2)cc1OC(F)F. The summed E-state index contributed by atoms with van der Waals surface area (Å²) in [6.45, 7) is -3.01. The first-order valence-electron chi connectivity index (χ1n) is 6.94. The summed E-state index contributed by atoms with van der Waals surface area (Å²) in [7, 11) is 1.33. The fourth-order valence-electron chi connectivity index (χ4n) is 2.22. The number of methoxy groups -OCH3 is 1. The van der Waals surface area contributed by atoms with Crippen molar-refractivity contribution in [3.05, 3.63) is 48.2 Å². The molecule has 0 aliphatic carbocycles. The van der Waals surface area contributed by atoms with Crippen LogP contribution in [-0.4, -0.2) is 29.8 Å². The van der Waals surface area contributed by atoms with E-state index < -0.39 is 12.5 Å². The average molecular weight is 333 g/mol. The molecule has 2 aromatic carbocycles. The number of fused-ring (bicyclic) bond motifs is 1. The van der Waals surface area contributed by atoms with Gasteiger partial charge in [0.25, 0.3) is 5.91 Å². The van der Waals surface area contributed by atoms with Gasteiger partial charge in [-0.25, -0.2) is 0 Å². The molecule has 0 saturated heterocycles. The van der Waals surface area contributed by atoms with Crippen LogP contribution in [0.5, 0.6) is 11.5 Å². The lowest BCUT2D eigenvalue weighted by Gasteiger charge is -2.11. The van der Waals surface area contributed by atoms with E-state index in [1.165, 1.54) is 25.3 Å². The van der Waals surface area contributed by atoms with E-state index in [9.17, 15) is 13.6 Å². The molecule has 0 saturated carbocycles. The second-order valence-electron chi connectivity index (χ2n) is 4.87. The Balaban J connectivity index is 1.83. The van der Waals surface area contributed by atoms with Gasteiger partial charge in [-0.3, -0.25) is 9.89 Å². The smallest absolute Gasteiger partial charge is 0.387 e. The van der Waals surface area contributed by atoms with E-state index >= 15 is 0 Å². The van der Waals surface area contributed by atoms with Crippen LogP contribution >= 0.6 is 0 Å². The van der Waals surface area contributed by atoms with E-state index in [-0.39, 0.29) is 17.1 Å².